The van der Waals surface area contributed by atoms with Crippen molar-refractivity contribution in [2.45, 2.75) is 45.2 Å². The molecule has 2 aliphatic rings. The summed E-state index contributed by atoms with van der Waals surface area (Å²) >= 11 is 0. The molecule has 1 amide bonds. The maximum atomic E-state index is 12.2. The summed E-state index contributed by atoms with van der Waals surface area (Å²) in [5.74, 6) is 1.69. The Kier molecular flexibility index (Phi) is 8.19. The fourth-order valence-corrected chi connectivity index (χ4v) is 3.96. The van der Waals surface area contributed by atoms with Crippen molar-refractivity contribution in [1.29, 1.82) is 0 Å². The molecule has 3 rings (SSSR count). The Hall–Kier alpha value is -1.30. The predicted molar refractivity (Wildman–Crippen MR) is 107 cm³/mol. The number of aryl methyl sites for hydroxylation is 1. The van der Waals surface area contributed by atoms with Crippen LogP contribution >= 0.6 is 12.4 Å². The number of amides is 1. The van der Waals surface area contributed by atoms with Gasteiger partial charge in [-0.15, -0.1) is 12.4 Å². The second-order valence-corrected chi connectivity index (χ2v) is 7.44. The van der Waals surface area contributed by atoms with Crippen LogP contribution in [0.15, 0.2) is 18.2 Å². The minimum atomic E-state index is 0. The summed E-state index contributed by atoms with van der Waals surface area (Å²) in [4.78, 5) is 14.7. The van der Waals surface area contributed by atoms with Crippen molar-refractivity contribution < 1.29 is 9.53 Å². The van der Waals surface area contributed by atoms with Crippen LogP contribution in [0.4, 0.5) is 0 Å². The second kappa shape index (κ2) is 10.1. The molecule has 2 unspecified atom stereocenters. The maximum Gasteiger partial charge on any atom is 0.237 e. The molecule has 0 bridgehead atoms. The quantitative estimate of drug-likeness (QED) is 0.795. The summed E-state index contributed by atoms with van der Waals surface area (Å²) in [6.07, 6.45) is 4.48. The van der Waals surface area contributed by atoms with E-state index in [0.717, 1.165) is 51.3 Å². The number of nitrogens with one attached hydrogen (secondary N) is 2. The number of halogens is 1. The highest BCUT2D eigenvalue weighted by molar-refractivity contribution is 5.85. The normalized spacial score (nSPS) is 23.3. The molecule has 2 aliphatic heterocycles. The molecule has 2 fully saturated rings. The summed E-state index contributed by atoms with van der Waals surface area (Å²) in [7, 11) is 1.73. The van der Waals surface area contributed by atoms with E-state index in [1.54, 1.807) is 7.11 Å². The van der Waals surface area contributed by atoms with Gasteiger partial charge in [-0.05, 0) is 68.8 Å². The molecule has 0 aromatic heterocycles. The van der Waals surface area contributed by atoms with Gasteiger partial charge in [-0.3, -0.25) is 9.69 Å². The van der Waals surface area contributed by atoms with Crippen LogP contribution in [-0.2, 0) is 11.3 Å². The fraction of sp³-hybridized carbons (Fsp3) is 0.650. The number of hydrogen-bond donors (Lipinski definition) is 2. The van der Waals surface area contributed by atoms with E-state index in [4.69, 9.17) is 4.74 Å². The SMILES string of the molecule is COc1cc(CN2CCCC(CNC(=O)C3CCCN3)C2)ccc1C.Cl. The Bertz CT molecular complexity index is 590. The van der Waals surface area contributed by atoms with Crippen molar-refractivity contribution in [3.05, 3.63) is 29.3 Å². The van der Waals surface area contributed by atoms with Crippen LogP contribution in [0, 0.1) is 12.8 Å². The molecule has 2 atom stereocenters. The molecule has 2 heterocycles. The van der Waals surface area contributed by atoms with E-state index in [9.17, 15) is 4.79 Å². The van der Waals surface area contributed by atoms with Crippen LogP contribution in [0.1, 0.15) is 36.8 Å². The minimum absolute atomic E-state index is 0. The smallest absolute Gasteiger partial charge is 0.237 e. The van der Waals surface area contributed by atoms with Gasteiger partial charge in [0, 0.05) is 19.6 Å². The molecule has 6 heteroatoms. The molecule has 5 nitrogen and oxygen atoms in total. The predicted octanol–water partition coefficient (Wildman–Crippen LogP) is 2.51. The van der Waals surface area contributed by atoms with Crippen LogP contribution in [0.3, 0.4) is 0 Å². The zero-order valence-corrected chi connectivity index (χ0v) is 16.7. The van der Waals surface area contributed by atoms with Crippen LogP contribution in [0.25, 0.3) is 0 Å². The van der Waals surface area contributed by atoms with Crippen molar-refractivity contribution in [3.8, 4) is 5.75 Å². The van der Waals surface area contributed by atoms with Gasteiger partial charge in [-0.1, -0.05) is 12.1 Å². The van der Waals surface area contributed by atoms with E-state index in [1.807, 2.05) is 0 Å². The number of methoxy groups -OCH3 is 1. The van der Waals surface area contributed by atoms with Gasteiger partial charge in [0.05, 0.1) is 13.2 Å². The van der Waals surface area contributed by atoms with Gasteiger partial charge in [-0.25, -0.2) is 0 Å². The molecule has 0 aliphatic carbocycles. The Balaban J connectivity index is 0.00000243. The van der Waals surface area contributed by atoms with Gasteiger partial charge >= 0.3 is 0 Å². The number of ether oxygens (including phenoxy) is 1. The molecule has 2 N–H and O–H groups in total. The summed E-state index contributed by atoms with van der Waals surface area (Å²) in [6.45, 7) is 6.96. The molecule has 0 radical (unpaired) electrons. The van der Waals surface area contributed by atoms with Crippen molar-refractivity contribution in [1.82, 2.24) is 15.5 Å². The fourth-order valence-electron chi connectivity index (χ4n) is 3.96. The van der Waals surface area contributed by atoms with Crippen molar-refractivity contribution in [2.24, 2.45) is 5.92 Å². The third-order valence-corrected chi connectivity index (χ3v) is 5.42. The second-order valence-electron chi connectivity index (χ2n) is 7.44. The van der Waals surface area contributed by atoms with Crippen LogP contribution in [-0.4, -0.2) is 50.1 Å². The third kappa shape index (κ3) is 5.60. The van der Waals surface area contributed by atoms with Gasteiger partial charge in [-0.2, -0.15) is 0 Å². The Morgan fingerprint density at radius 2 is 2.19 bits per heavy atom. The minimum Gasteiger partial charge on any atom is -0.496 e. The number of nitrogens with zero attached hydrogens (tertiary/aromatic N) is 1. The van der Waals surface area contributed by atoms with E-state index in [1.165, 1.54) is 24.0 Å². The topological polar surface area (TPSA) is 53.6 Å². The molecule has 1 aromatic carbocycles. The lowest BCUT2D eigenvalue weighted by atomic mass is 9.97. The number of hydrogen-bond acceptors (Lipinski definition) is 4. The average molecular weight is 382 g/mol. The molecule has 26 heavy (non-hydrogen) atoms. The van der Waals surface area contributed by atoms with Gasteiger partial charge in [0.2, 0.25) is 5.91 Å². The first-order valence-corrected chi connectivity index (χ1v) is 9.52. The van der Waals surface area contributed by atoms with Gasteiger partial charge in [0.15, 0.2) is 0 Å². The van der Waals surface area contributed by atoms with Crippen molar-refractivity contribution >= 4 is 18.3 Å². The van der Waals surface area contributed by atoms with E-state index in [0.29, 0.717) is 5.92 Å². The first-order chi connectivity index (χ1) is 12.2. The molecular formula is C20H32ClN3O2. The molecule has 1 aromatic rings. The number of likely N-dealkylation sites (tertiary alicyclic amines) is 1. The summed E-state index contributed by atoms with van der Waals surface area (Å²) in [6, 6.07) is 6.49. The maximum absolute atomic E-state index is 12.2. The van der Waals surface area contributed by atoms with Gasteiger partial charge < -0.3 is 15.4 Å². The summed E-state index contributed by atoms with van der Waals surface area (Å²) < 4.78 is 5.44. The Morgan fingerprint density at radius 3 is 2.92 bits per heavy atom. The van der Waals surface area contributed by atoms with E-state index < -0.39 is 0 Å². The zero-order chi connectivity index (χ0) is 17.6. The third-order valence-electron chi connectivity index (χ3n) is 5.42. The largest absolute Gasteiger partial charge is 0.496 e. The standard InChI is InChI=1S/C20H31N3O2.ClH/c1-15-7-8-16(11-19(15)25-2)13-23-10-4-5-17(14-23)12-22-20(24)18-6-3-9-21-18;/h7-8,11,17-18,21H,3-6,9-10,12-14H2,1-2H3,(H,22,24);1H. The zero-order valence-electron chi connectivity index (χ0n) is 15.9. The van der Waals surface area contributed by atoms with E-state index in [2.05, 4.69) is 40.7 Å². The molecule has 0 saturated carbocycles. The molecule has 0 spiro atoms. The van der Waals surface area contributed by atoms with Crippen molar-refractivity contribution in [3.63, 3.8) is 0 Å². The first-order valence-electron chi connectivity index (χ1n) is 9.52. The Morgan fingerprint density at radius 1 is 1.35 bits per heavy atom. The monoisotopic (exact) mass is 381 g/mol. The summed E-state index contributed by atoms with van der Waals surface area (Å²) in [5, 5.41) is 6.42. The van der Waals surface area contributed by atoms with Crippen molar-refractivity contribution in [2.75, 3.05) is 33.3 Å². The molecular weight excluding hydrogens is 350 g/mol. The molecule has 2 saturated heterocycles. The first kappa shape index (κ1) is 21.0. The number of carbonyl (C=O) groups excluding carboxylic acids is 1. The lowest BCUT2D eigenvalue weighted by Crippen LogP contribution is -2.45. The lowest BCUT2D eigenvalue weighted by Gasteiger charge is -2.33. The van der Waals surface area contributed by atoms with Gasteiger partial charge in [0.1, 0.15) is 5.75 Å². The number of piperidine rings is 1. The average Bonchev–Trinajstić information content (AvgIpc) is 3.16. The highest BCUT2D eigenvalue weighted by Crippen LogP contribution is 2.22. The van der Waals surface area contributed by atoms with Crippen LogP contribution in [0.2, 0.25) is 0 Å². The van der Waals surface area contributed by atoms with E-state index in [-0.39, 0.29) is 24.4 Å². The van der Waals surface area contributed by atoms with Gasteiger partial charge in [0.25, 0.3) is 0 Å². The number of rotatable bonds is 6. The van der Waals surface area contributed by atoms with Crippen LogP contribution < -0.4 is 15.4 Å². The highest BCUT2D eigenvalue weighted by Gasteiger charge is 2.24. The Labute approximate surface area is 163 Å². The van der Waals surface area contributed by atoms with E-state index >= 15 is 0 Å². The number of carbonyl (C=O) groups is 1. The van der Waals surface area contributed by atoms with Crippen LogP contribution in [0.5, 0.6) is 5.75 Å². The molecule has 146 valence electrons. The summed E-state index contributed by atoms with van der Waals surface area (Å²) in [5.41, 5.74) is 2.47. The highest BCUT2D eigenvalue weighted by atomic mass is 35.5. The number of benzene rings is 1. The lowest BCUT2D eigenvalue weighted by molar-refractivity contribution is -0.123.